The minimum Gasteiger partial charge on any atom is -0.625 e. The summed E-state index contributed by atoms with van der Waals surface area (Å²) in [7, 11) is 0. The molecular formula is C16H23NO3. The van der Waals surface area contributed by atoms with Crippen molar-refractivity contribution >= 4 is 5.91 Å². The Hall–Kier alpha value is -1.23. The Morgan fingerprint density at radius 3 is 2.40 bits per heavy atom. The standard InChI is InChI=1S/C16H23NO3/c18-12-8-4-2-1-3-7-11-17(20)13-14-9-5-6-10-15(14)16(17)19/h5-6,9-10,18H,1-4,7-8,11-13H2. The van der Waals surface area contributed by atoms with Crippen LogP contribution in [0.3, 0.4) is 0 Å². The van der Waals surface area contributed by atoms with E-state index in [1.165, 1.54) is 0 Å². The first kappa shape index (κ1) is 15.2. The van der Waals surface area contributed by atoms with Crippen LogP contribution in [0.4, 0.5) is 0 Å². The van der Waals surface area contributed by atoms with Gasteiger partial charge in [0.1, 0.15) is 6.54 Å². The molecule has 1 aromatic rings. The number of quaternary nitrogens is 1. The molecule has 1 aromatic carbocycles. The molecule has 0 aliphatic carbocycles. The van der Waals surface area contributed by atoms with Gasteiger partial charge in [0.2, 0.25) is 0 Å². The summed E-state index contributed by atoms with van der Waals surface area (Å²) < 4.78 is -0.712. The molecule has 0 fully saturated rings. The van der Waals surface area contributed by atoms with Gasteiger partial charge in [-0.15, -0.1) is 0 Å². The molecule has 0 saturated heterocycles. The van der Waals surface area contributed by atoms with Gasteiger partial charge in [-0.25, -0.2) is 4.79 Å². The first-order valence-corrected chi connectivity index (χ1v) is 7.49. The lowest BCUT2D eigenvalue weighted by molar-refractivity contribution is -0.807. The van der Waals surface area contributed by atoms with Crippen LogP contribution in [0.15, 0.2) is 24.3 Å². The highest BCUT2D eigenvalue weighted by Crippen LogP contribution is 2.29. The maximum Gasteiger partial charge on any atom is 0.346 e. The summed E-state index contributed by atoms with van der Waals surface area (Å²) in [4.78, 5) is 12.2. The van der Waals surface area contributed by atoms with Gasteiger partial charge in [0, 0.05) is 12.2 Å². The number of rotatable bonds is 8. The van der Waals surface area contributed by atoms with Crippen molar-refractivity contribution < 1.29 is 14.5 Å². The average Bonchev–Trinajstić information content (AvgIpc) is 2.71. The fourth-order valence-corrected chi connectivity index (χ4v) is 2.80. The number of nitrogens with zero attached hydrogens (tertiary/aromatic N) is 1. The number of hydroxylamine groups is 3. The van der Waals surface area contributed by atoms with Gasteiger partial charge in [0.05, 0.1) is 12.1 Å². The van der Waals surface area contributed by atoms with Crippen molar-refractivity contribution in [2.75, 3.05) is 13.2 Å². The van der Waals surface area contributed by atoms with Crippen molar-refractivity contribution in [1.29, 1.82) is 0 Å². The maximum atomic E-state index is 12.6. The zero-order valence-corrected chi connectivity index (χ0v) is 11.9. The van der Waals surface area contributed by atoms with Crippen molar-refractivity contribution in [2.45, 2.75) is 45.1 Å². The topological polar surface area (TPSA) is 60.4 Å². The number of carbonyl (C=O) groups excluding carboxylic acids is 1. The number of benzene rings is 1. The van der Waals surface area contributed by atoms with Gasteiger partial charge in [-0.05, 0) is 25.3 Å². The number of hydrogen-bond acceptors (Lipinski definition) is 3. The lowest BCUT2D eigenvalue weighted by atomic mass is 10.1. The zero-order valence-electron chi connectivity index (χ0n) is 11.9. The molecule has 1 atom stereocenters. The molecule has 1 heterocycles. The minimum absolute atomic E-state index is 0.257. The second-order valence-corrected chi connectivity index (χ2v) is 5.58. The fraction of sp³-hybridized carbons (Fsp3) is 0.562. The van der Waals surface area contributed by atoms with Gasteiger partial charge >= 0.3 is 5.91 Å². The Bertz CT molecular complexity index is 461. The zero-order chi connectivity index (χ0) is 14.4. The Morgan fingerprint density at radius 1 is 1.05 bits per heavy atom. The molecule has 0 radical (unpaired) electrons. The van der Waals surface area contributed by atoms with Crippen LogP contribution in [-0.2, 0) is 6.54 Å². The van der Waals surface area contributed by atoms with Crippen LogP contribution >= 0.6 is 0 Å². The molecule has 110 valence electrons. The molecule has 0 saturated carbocycles. The van der Waals surface area contributed by atoms with Crippen molar-refractivity contribution in [3.8, 4) is 0 Å². The smallest absolute Gasteiger partial charge is 0.346 e. The summed E-state index contributed by atoms with van der Waals surface area (Å²) in [5, 5.41) is 21.3. The van der Waals surface area contributed by atoms with Crippen molar-refractivity contribution in [1.82, 2.24) is 0 Å². The Kier molecular flexibility index (Phi) is 5.29. The SMILES string of the molecule is O=C1c2ccccc2C[N+]1([O-])CCCCCCCCO. The summed E-state index contributed by atoms with van der Waals surface area (Å²) in [6.45, 7) is 0.931. The van der Waals surface area contributed by atoms with Crippen LogP contribution in [0.25, 0.3) is 0 Å². The number of amides is 1. The molecule has 4 nitrogen and oxygen atoms in total. The molecule has 20 heavy (non-hydrogen) atoms. The maximum absolute atomic E-state index is 12.6. The summed E-state index contributed by atoms with van der Waals surface area (Å²) in [6, 6.07) is 7.32. The third-order valence-corrected chi connectivity index (χ3v) is 3.97. The van der Waals surface area contributed by atoms with E-state index in [1.54, 1.807) is 6.07 Å². The van der Waals surface area contributed by atoms with Crippen LogP contribution in [-0.4, -0.2) is 28.8 Å². The van der Waals surface area contributed by atoms with E-state index in [0.29, 0.717) is 18.7 Å². The second-order valence-electron chi connectivity index (χ2n) is 5.58. The van der Waals surface area contributed by atoms with E-state index >= 15 is 0 Å². The lowest BCUT2D eigenvalue weighted by Crippen LogP contribution is -2.42. The molecule has 0 bridgehead atoms. The highest BCUT2D eigenvalue weighted by atomic mass is 16.6. The molecular weight excluding hydrogens is 254 g/mol. The summed E-state index contributed by atoms with van der Waals surface area (Å²) in [5.41, 5.74) is 1.49. The summed E-state index contributed by atoms with van der Waals surface area (Å²) in [5.74, 6) is -0.277. The molecule has 1 aliphatic rings. The molecule has 2 rings (SSSR count). The molecule has 0 spiro atoms. The predicted octanol–water partition coefficient (Wildman–Crippen LogP) is 2.99. The summed E-state index contributed by atoms with van der Waals surface area (Å²) >= 11 is 0. The van der Waals surface area contributed by atoms with E-state index in [1.807, 2.05) is 18.2 Å². The van der Waals surface area contributed by atoms with Gasteiger partial charge in [-0.1, -0.05) is 37.5 Å². The number of aliphatic hydroxyl groups excluding tert-OH is 1. The average molecular weight is 277 g/mol. The van der Waals surface area contributed by atoms with Gasteiger partial charge in [-0.3, -0.25) is 4.65 Å². The van der Waals surface area contributed by atoms with Gasteiger partial charge in [-0.2, -0.15) is 0 Å². The normalized spacial score (nSPS) is 21.2. The van der Waals surface area contributed by atoms with E-state index in [2.05, 4.69) is 0 Å². The molecule has 1 unspecified atom stereocenters. The third-order valence-electron chi connectivity index (χ3n) is 3.97. The first-order valence-electron chi connectivity index (χ1n) is 7.49. The molecule has 1 amide bonds. The van der Waals surface area contributed by atoms with E-state index in [9.17, 15) is 10.0 Å². The van der Waals surface area contributed by atoms with Crippen molar-refractivity contribution in [3.63, 3.8) is 0 Å². The van der Waals surface area contributed by atoms with E-state index in [4.69, 9.17) is 5.11 Å². The highest BCUT2D eigenvalue weighted by Gasteiger charge is 2.37. The number of fused-ring (bicyclic) bond motifs is 1. The van der Waals surface area contributed by atoms with E-state index < -0.39 is 4.65 Å². The lowest BCUT2D eigenvalue weighted by Gasteiger charge is -2.35. The van der Waals surface area contributed by atoms with Crippen LogP contribution < -0.4 is 0 Å². The first-order chi connectivity index (χ1) is 9.67. The van der Waals surface area contributed by atoms with Gasteiger partial charge in [0.15, 0.2) is 0 Å². The number of hydrogen-bond donors (Lipinski definition) is 1. The second kappa shape index (κ2) is 6.97. The van der Waals surface area contributed by atoms with Crippen LogP contribution in [0.2, 0.25) is 0 Å². The number of aliphatic hydroxyl groups is 1. The van der Waals surface area contributed by atoms with Gasteiger partial charge < -0.3 is 10.3 Å². The Labute approximate surface area is 120 Å². The van der Waals surface area contributed by atoms with Crippen molar-refractivity contribution in [2.24, 2.45) is 0 Å². The van der Waals surface area contributed by atoms with Crippen molar-refractivity contribution in [3.05, 3.63) is 40.6 Å². The number of unbranched alkanes of at least 4 members (excludes halogenated alkanes) is 5. The monoisotopic (exact) mass is 277 g/mol. The quantitative estimate of drug-likeness (QED) is 0.451. The van der Waals surface area contributed by atoms with E-state index in [-0.39, 0.29) is 12.5 Å². The molecule has 1 aliphatic heterocycles. The fourth-order valence-electron chi connectivity index (χ4n) is 2.80. The third kappa shape index (κ3) is 3.45. The van der Waals surface area contributed by atoms with Gasteiger partial charge in [0.25, 0.3) is 0 Å². The molecule has 1 N–H and O–H groups in total. The predicted molar refractivity (Wildman–Crippen MR) is 77.8 cm³/mol. The molecule has 0 aromatic heterocycles. The Morgan fingerprint density at radius 2 is 1.70 bits per heavy atom. The summed E-state index contributed by atoms with van der Waals surface area (Å²) in [6.07, 6.45) is 5.84. The van der Waals surface area contributed by atoms with Crippen LogP contribution in [0.1, 0.15) is 54.4 Å². The Balaban J connectivity index is 1.75. The van der Waals surface area contributed by atoms with Crippen LogP contribution in [0, 0.1) is 5.21 Å². The van der Waals surface area contributed by atoms with E-state index in [0.717, 1.165) is 44.1 Å². The molecule has 4 heteroatoms. The number of carbonyl (C=O) groups is 1. The van der Waals surface area contributed by atoms with Crippen LogP contribution in [0.5, 0.6) is 0 Å². The largest absolute Gasteiger partial charge is 0.625 e. The highest BCUT2D eigenvalue weighted by molar-refractivity contribution is 5.92. The minimum atomic E-state index is -0.712.